The van der Waals surface area contributed by atoms with Gasteiger partial charge in [-0.3, -0.25) is 14.9 Å². The number of para-hydroxylation sites is 1. The van der Waals surface area contributed by atoms with Crippen LogP contribution in [0.4, 0.5) is 10.1 Å². The summed E-state index contributed by atoms with van der Waals surface area (Å²) < 4.78 is 14.1. The van der Waals surface area contributed by atoms with E-state index in [2.05, 4.69) is 5.32 Å². The number of carbonyl (C=O) groups excluding carboxylic acids is 2. The molecule has 1 aliphatic rings. The molecule has 2 aromatic carbocycles. The smallest absolute Gasteiger partial charge is 0.270 e. The molecule has 1 saturated heterocycles. The molecule has 1 N–H and O–H groups in total. The number of halogens is 1. The van der Waals surface area contributed by atoms with Gasteiger partial charge in [-0.15, -0.1) is 0 Å². The molecular formula is C19H15FN2O2S. The maximum atomic E-state index is 14.1. The second-order valence-corrected chi connectivity index (χ2v) is 5.89. The highest BCUT2D eigenvalue weighted by atomic mass is 32.1. The zero-order valence-electron chi connectivity index (χ0n) is 13.5. The number of hydrogen-bond acceptors (Lipinski definition) is 3. The third kappa shape index (κ3) is 3.34. The quantitative estimate of drug-likeness (QED) is 0.523. The van der Waals surface area contributed by atoms with Gasteiger partial charge in [0.25, 0.3) is 11.8 Å². The van der Waals surface area contributed by atoms with Gasteiger partial charge < -0.3 is 0 Å². The average molecular weight is 354 g/mol. The predicted molar refractivity (Wildman–Crippen MR) is 98.4 cm³/mol. The number of amides is 2. The number of carbonyl (C=O) groups is 2. The van der Waals surface area contributed by atoms with E-state index >= 15 is 0 Å². The van der Waals surface area contributed by atoms with Gasteiger partial charge in [-0.1, -0.05) is 43.3 Å². The van der Waals surface area contributed by atoms with Crippen molar-refractivity contribution in [3.63, 3.8) is 0 Å². The fourth-order valence-electron chi connectivity index (χ4n) is 2.53. The Hall–Kier alpha value is -2.86. The van der Waals surface area contributed by atoms with E-state index in [4.69, 9.17) is 12.2 Å². The van der Waals surface area contributed by atoms with Crippen LogP contribution < -0.4 is 10.2 Å². The first kappa shape index (κ1) is 17.0. The SMILES string of the molecule is CCc1ccc(C=C2C(=O)NC(=S)N(c3ccccc3F)C2=O)cc1. The van der Waals surface area contributed by atoms with E-state index < -0.39 is 17.6 Å². The van der Waals surface area contributed by atoms with Crippen molar-refractivity contribution in [2.45, 2.75) is 13.3 Å². The normalized spacial score (nSPS) is 16.3. The van der Waals surface area contributed by atoms with Gasteiger partial charge in [-0.25, -0.2) is 9.29 Å². The first-order valence-electron chi connectivity index (χ1n) is 7.76. The highest BCUT2D eigenvalue weighted by Crippen LogP contribution is 2.24. The van der Waals surface area contributed by atoms with Crippen molar-refractivity contribution in [3.05, 3.63) is 71.0 Å². The van der Waals surface area contributed by atoms with Crippen molar-refractivity contribution in [1.29, 1.82) is 0 Å². The molecule has 0 aliphatic carbocycles. The average Bonchev–Trinajstić information content (AvgIpc) is 2.60. The monoisotopic (exact) mass is 354 g/mol. The first-order valence-corrected chi connectivity index (χ1v) is 8.17. The topological polar surface area (TPSA) is 49.4 Å². The highest BCUT2D eigenvalue weighted by molar-refractivity contribution is 7.80. The number of thiocarbonyl (C=S) groups is 1. The van der Waals surface area contributed by atoms with E-state index in [1.165, 1.54) is 24.3 Å². The van der Waals surface area contributed by atoms with Crippen LogP contribution in [0.2, 0.25) is 0 Å². The molecule has 126 valence electrons. The molecule has 0 spiro atoms. The highest BCUT2D eigenvalue weighted by Gasteiger charge is 2.35. The Morgan fingerprint density at radius 1 is 1.12 bits per heavy atom. The minimum absolute atomic E-state index is 0.00438. The Balaban J connectivity index is 2.00. The van der Waals surface area contributed by atoms with E-state index in [0.717, 1.165) is 16.9 Å². The third-order valence-corrected chi connectivity index (χ3v) is 4.18. The third-order valence-electron chi connectivity index (χ3n) is 3.89. The Kier molecular flexibility index (Phi) is 4.72. The minimum atomic E-state index is -0.654. The van der Waals surface area contributed by atoms with E-state index in [9.17, 15) is 14.0 Å². The number of nitrogens with zero attached hydrogens (tertiary/aromatic N) is 1. The van der Waals surface area contributed by atoms with Crippen molar-refractivity contribution in [2.75, 3.05) is 4.90 Å². The lowest BCUT2D eigenvalue weighted by atomic mass is 10.0. The van der Waals surface area contributed by atoms with Crippen LogP contribution in [0.5, 0.6) is 0 Å². The van der Waals surface area contributed by atoms with Crippen LogP contribution in [0, 0.1) is 5.82 Å². The molecule has 0 atom stereocenters. The van der Waals surface area contributed by atoms with E-state index in [1.54, 1.807) is 6.07 Å². The standard InChI is InChI=1S/C19H15FN2O2S/c1-2-12-7-9-13(10-8-12)11-14-17(23)21-19(25)22(18(14)24)16-6-4-3-5-15(16)20/h3-11H,2H2,1H3,(H,21,23,25). The molecule has 1 aliphatic heterocycles. The van der Waals surface area contributed by atoms with Crippen molar-refractivity contribution in [3.8, 4) is 0 Å². The molecule has 0 radical (unpaired) electrons. The fraction of sp³-hybridized carbons (Fsp3) is 0.105. The van der Waals surface area contributed by atoms with Crippen molar-refractivity contribution in [2.24, 2.45) is 0 Å². The molecule has 0 unspecified atom stereocenters. The summed E-state index contributed by atoms with van der Waals surface area (Å²) in [5.41, 5.74) is 1.76. The van der Waals surface area contributed by atoms with Gasteiger partial charge in [0.1, 0.15) is 11.4 Å². The number of benzene rings is 2. The van der Waals surface area contributed by atoms with Crippen molar-refractivity contribution >= 4 is 40.9 Å². The lowest BCUT2D eigenvalue weighted by Crippen LogP contribution is -2.54. The van der Waals surface area contributed by atoms with Crippen LogP contribution in [-0.4, -0.2) is 16.9 Å². The summed E-state index contributed by atoms with van der Waals surface area (Å²) in [6.07, 6.45) is 2.37. The van der Waals surface area contributed by atoms with Gasteiger partial charge in [0.05, 0.1) is 5.69 Å². The van der Waals surface area contributed by atoms with Gasteiger partial charge in [0, 0.05) is 0 Å². The van der Waals surface area contributed by atoms with Gasteiger partial charge in [-0.05, 0) is 48.0 Å². The van der Waals surface area contributed by atoms with Crippen molar-refractivity contribution in [1.82, 2.24) is 5.32 Å². The predicted octanol–water partition coefficient (Wildman–Crippen LogP) is 3.22. The number of aryl methyl sites for hydroxylation is 1. The molecule has 2 aromatic rings. The van der Waals surface area contributed by atoms with E-state index in [-0.39, 0.29) is 16.4 Å². The Bertz CT molecular complexity index is 891. The van der Waals surface area contributed by atoms with Crippen LogP contribution >= 0.6 is 12.2 Å². The summed E-state index contributed by atoms with van der Waals surface area (Å²) in [6.45, 7) is 2.04. The minimum Gasteiger partial charge on any atom is -0.298 e. The van der Waals surface area contributed by atoms with E-state index in [1.807, 2.05) is 31.2 Å². The first-order chi connectivity index (χ1) is 12.0. The molecule has 3 rings (SSSR count). The molecule has 0 bridgehead atoms. The molecular weight excluding hydrogens is 339 g/mol. The summed E-state index contributed by atoms with van der Waals surface area (Å²) in [6, 6.07) is 13.3. The molecule has 0 saturated carbocycles. The van der Waals surface area contributed by atoms with Gasteiger partial charge in [0.15, 0.2) is 5.11 Å². The number of hydrogen-bond donors (Lipinski definition) is 1. The lowest BCUT2D eigenvalue weighted by Gasteiger charge is -2.29. The van der Waals surface area contributed by atoms with Crippen LogP contribution in [0.25, 0.3) is 6.08 Å². The summed E-state index contributed by atoms with van der Waals surface area (Å²) in [5.74, 6) is -1.85. The number of anilines is 1. The van der Waals surface area contributed by atoms with E-state index in [0.29, 0.717) is 5.56 Å². The Morgan fingerprint density at radius 3 is 2.44 bits per heavy atom. The molecule has 1 heterocycles. The van der Waals surface area contributed by atoms with Crippen LogP contribution in [-0.2, 0) is 16.0 Å². The second-order valence-electron chi connectivity index (χ2n) is 5.50. The van der Waals surface area contributed by atoms with Crippen LogP contribution in [0.3, 0.4) is 0 Å². The van der Waals surface area contributed by atoms with Gasteiger partial charge in [-0.2, -0.15) is 0 Å². The Labute approximate surface area is 150 Å². The maximum absolute atomic E-state index is 14.1. The molecule has 1 fully saturated rings. The van der Waals surface area contributed by atoms with Gasteiger partial charge >= 0.3 is 0 Å². The zero-order chi connectivity index (χ0) is 18.0. The molecule has 25 heavy (non-hydrogen) atoms. The fourth-order valence-corrected chi connectivity index (χ4v) is 2.80. The summed E-state index contributed by atoms with van der Waals surface area (Å²) >= 11 is 5.05. The number of nitrogens with one attached hydrogen (secondary N) is 1. The van der Waals surface area contributed by atoms with Gasteiger partial charge in [0.2, 0.25) is 0 Å². The lowest BCUT2D eigenvalue weighted by molar-refractivity contribution is -0.122. The summed E-state index contributed by atoms with van der Waals surface area (Å²) in [5, 5.41) is 2.30. The Morgan fingerprint density at radius 2 is 1.80 bits per heavy atom. The maximum Gasteiger partial charge on any atom is 0.270 e. The largest absolute Gasteiger partial charge is 0.298 e. The molecule has 4 nitrogen and oxygen atoms in total. The molecule has 6 heteroatoms. The summed E-state index contributed by atoms with van der Waals surface area (Å²) in [4.78, 5) is 26.0. The molecule has 2 amide bonds. The van der Waals surface area contributed by atoms with Crippen LogP contribution in [0.1, 0.15) is 18.1 Å². The van der Waals surface area contributed by atoms with Crippen LogP contribution in [0.15, 0.2) is 54.1 Å². The molecule has 0 aromatic heterocycles. The second kappa shape index (κ2) is 6.94. The summed E-state index contributed by atoms with van der Waals surface area (Å²) in [7, 11) is 0. The zero-order valence-corrected chi connectivity index (χ0v) is 14.3. The van der Waals surface area contributed by atoms with Crippen molar-refractivity contribution < 1.29 is 14.0 Å². The number of rotatable bonds is 3.